The standard InChI is InChI=1S/C11H22N2O/c1-10-4-2-3-6-13(10)8-11-9-14-7-5-12-11/h10-12H,2-9H2,1H3/t10-,11-/m1/s1. The Kier molecular flexibility index (Phi) is 3.79. The van der Waals surface area contributed by atoms with E-state index >= 15 is 0 Å². The van der Waals surface area contributed by atoms with E-state index in [0.29, 0.717) is 6.04 Å². The minimum Gasteiger partial charge on any atom is -0.378 e. The highest BCUT2D eigenvalue weighted by Gasteiger charge is 2.22. The summed E-state index contributed by atoms with van der Waals surface area (Å²) < 4.78 is 5.47. The topological polar surface area (TPSA) is 24.5 Å². The maximum atomic E-state index is 5.47. The second-order valence-corrected chi connectivity index (χ2v) is 4.57. The fraction of sp³-hybridized carbons (Fsp3) is 1.00. The minimum absolute atomic E-state index is 0.560. The molecule has 3 nitrogen and oxygen atoms in total. The van der Waals surface area contributed by atoms with Crippen molar-refractivity contribution in [1.82, 2.24) is 10.2 Å². The van der Waals surface area contributed by atoms with Crippen molar-refractivity contribution in [2.75, 3.05) is 32.8 Å². The summed E-state index contributed by atoms with van der Waals surface area (Å²) in [5, 5.41) is 3.52. The Hall–Kier alpha value is -0.120. The van der Waals surface area contributed by atoms with E-state index in [2.05, 4.69) is 17.1 Å². The van der Waals surface area contributed by atoms with Gasteiger partial charge < -0.3 is 10.1 Å². The van der Waals surface area contributed by atoms with Crippen LogP contribution >= 0.6 is 0 Å². The van der Waals surface area contributed by atoms with Crippen LogP contribution in [0.1, 0.15) is 26.2 Å². The van der Waals surface area contributed by atoms with Gasteiger partial charge in [-0.2, -0.15) is 0 Å². The lowest BCUT2D eigenvalue weighted by Gasteiger charge is -2.37. The number of morpholine rings is 1. The smallest absolute Gasteiger partial charge is 0.0632 e. The van der Waals surface area contributed by atoms with Crippen molar-refractivity contribution >= 4 is 0 Å². The van der Waals surface area contributed by atoms with E-state index in [9.17, 15) is 0 Å². The van der Waals surface area contributed by atoms with Crippen LogP contribution in [0, 0.1) is 0 Å². The van der Waals surface area contributed by atoms with Gasteiger partial charge in [0.1, 0.15) is 0 Å². The number of rotatable bonds is 2. The quantitative estimate of drug-likeness (QED) is 0.712. The monoisotopic (exact) mass is 198 g/mol. The van der Waals surface area contributed by atoms with Crippen molar-refractivity contribution in [2.45, 2.75) is 38.3 Å². The molecule has 14 heavy (non-hydrogen) atoms. The number of piperidine rings is 1. The van der Waals surface area contributed by atoms with Crippen molar-refractivity contribution < 1.29 is 4.74 Å². The average molecular weight is 198 g/mol. The molecule has 2 atom stereocenters. The maximum Gasteiger partial charge on any atom is 0.0632 e. The van der Waals surface area contributed by atoms with E-state index in [1.807, 2.05) is 0 Å². The molecule has 0 radical (unpaired) electrons. The molecule has 2 aliphatic rings. The molecule has 3 heteroatoms. The third kappa shape index (κ3) is 2.69. The summed E-state index contributed by atoms with van der Waals surface area (Å²) in [6.07, 6.45) is 4.15. The van der Waals surface area contributed by atoms with E-state index in [1.165, 1.54) is 32.4 Å². The van der Waals surface area contributed by atoms with Gasteiger partial charge in [0.15, 0.2) is 0 Å². The van der Waals surface area contributed by atoms with Crippen LogP contribution in [0.5, 0.6) is 0 Å². The maximum absolute atomic E-state index is 5.47. The average Bonchev–Trinajstić information content (AvgIpc) is 2.23. The Bertz CT molecular complexity index is 169. The lowest BCUT2D eigenvalue weighted by molar-refractivity contribution is 0.0492. The molecule has 82 valence electrons. The lowest BCUT2D eigenvalue weighted by atomic mass is 10.0. The van der Waals surface area contributed by atoms with Gasteiger partial charge in [0, 0.05) is 25.2 Å². The minimum atomic E-state index is 0.560. The molecule has 2 rings (SSSR count). The molecule has 0 aromatic carbocycles. The third-order valence-corrected chi connectivity index (χ3v) is 3.39. The van der Waals surface area contributed by atoms with E-state index in [1.54, 1.807) is 0 Å². The van der Waals surface area contributed by atoms with Crippen LogP contribution in [0.4, 0.5) is 0 Å². The van der Waals surface area contributed by atoms with Crippen LogP contribution < -0.4 is 5.32 Å². The molecule has 0 aromatic heterocycles. The van der Waals surface area contributed by atoms with Crippen LogP contribution in [-0.4, -0.2) is 49.8 Å². The van der Waals surface area contributed by atoms with Crippen LogP contribution in [0.15, 0.2) is 0 Å². The number of hydrogen-bond acceptors (Lipinski definition) is 3. The summed E-state index contributed by atoms with van der Waals surface area (Å²) in [5.41, 5.74) is 0. The Labute approximate surface area is 86.8 Å². The van der Waals surface area contributed by atoms with Gasteiger partial charge in [-0.05, 0) is 26.3 Å². The van der Waals surface area contributed by atoms with Gasteiger partial charge in [-0.1, -0.05) is 6.42 Å². The zero-order valence-corrected chi connectivity index (χ0v) is 9.17. The summed E-state index contributed by atoms with van der Waals surface area (Å²) in [5.74, 6) is 0. The van der Waals surface area contributed by atoms with E-state index in [4.69, 9.17) is 4.74 Å². The normalized spacial score (nSPS) is 35.8. The largest absolute Gasteiger partial charge is 0.378 e. The van der Waals surface area contributed by atoms with Crippen LogP contribution in [0.2, 0.25) is 0 Å². The van der Waals surface area contributed by atoms with Crippen LogP contribution in [0.25, 0.3) is 0 Å². The molecule has 0 saturated carbocycles. The van der Waals surface area contributed by atoms with Gasteiger partial charge in [0.25, 0.3) is 0 Å². The molecule has 2 heterocycles. The molecular weight excluding hydrogens is 176 g/mol. The van der Waals surface area contributed by atoms with E-state index in [-0.39, 0.29) is 0 Å². The van der Waals surface area contributed by atoms with Gasteiger partial charge in [0.05, 0.1) is 13.2 Å². The number of nitrogens with zero attached hydrogens (tertiary/aromatic N) is 1. The third-order valence-electron chi connectivity index (χ3n) is 3.39. The lowest BCUT2D eigenvalue weighted by Crippen LogP contribution is -2.51. The van der Waals surface area contributed by atoms with E-state index < -0.39 is 0 Å². The zero-order valence-electron chi connectivity index (χ0n) is 9.17. The summed E-state index contributed by atoms with van der Waals surface area (Å²) >= 11 is 0. The second-order valence-electron chi connectivity index (χ2n) is 4.57. The van der Waals surface area contributed by atoms with Crippen LogP contribution in [0.3, 0.4) is 0 Å². The van der Waals surface area contributed by atoms with Gasteiger partial charge in [0.2, 0.25) is 0 Å². The fourth-order valence-corrected chi connectivity index (χ4v) is 2.45. The van der Waals surface area contributed by atoms with Crippen molar-refractivity contribution in [2.24, 2.45) is 0 Å². The molecular formula is C11H22N2O. The summed E-state index contributed by atoms with van der Waals surface area (Å²) in [6, 6.07) is 1.33. The molecule has 0 spiro atoms. The summed E-state index contributed by atoms with van der Waals surface area (Å²) in [7, 11) is 0. The van der Waals surface area contributed by atoms with Crippen molar-refractivity contribution in [3.05, 3.63) is 0 Å². The summed E-state index contributed by atoms with van der Waals surface area (Å²) in [4.78, 5) is 2.61. The van der Waals surface area contributed by atoms with Crippen molar-refractivity contribution in [3.63, 3.8) is 0 Å². The molecule has 2 fully saturated rings. The van der Waals surface area contributed by atoms with Crippen molar-refractivity contribution in [1.29, 1.82) is 0 Å². The Morgan fingerprint density at radius 1 is 1.43 bits per heavy atom. The highest BCUT2D eigenvalue weighted by atomic mass is 16.5. The first-order chi connectivity index (χ1) is 6.86. The molecule has 2 saturated heterocycles. The second kappa shape index (κ2) is 5.10. The molecule has 0 aromatic rings. The van der Waals surface area contributed by atoms with Crippen molar-refractivity contribution in [3.8, 4) is 0 Å². The number of hydrogen-bond donors (Lipinski definition) is 1. The number of likely N-dealkylation sites (tertiary alicyclic amines) is 1. The first kappa shape index (κ1) is 10.4. The fourth-order valence-electron chi connectivity index (χ4n) is 2.45. The van der Waals surface area contributed by atoms with Gasteiger partial charge in [-0.25, -0.2) is 0 Å². The molecule has 0 aliphatic carbocycles. The SMILES string of the molecule is C[C@@H]1CCCCN1C[C@@H]1COCCN1. The Morgan fingerprint density at radius 2 is 2.36 bits per heavy atom. The highest BCUT2D eigenvalue weighted by molar-refractivity contribution is 4.80. The number of ether oxygens (including phenoxy) is 1. The predicted molar refractivity (Wildman–Crippen MR) is 57.5 cm³/mol. The van der Waals surface area contributed by atoms with Gasteiger partial charge in [-0.15, -0.1) is 0 Å². The van der Waals surface area contributed by atoms with Gasteiger partial charge >= 0.3 is 0 Å². The molecule has 0 amide bonds. The summed E-state index contributed by atoms with van der Waals surface area (Å²) in [6.45, 7) is 7.59. The van der Waals surface area contributed by atoms with Gasteiger partial charge in [-0.3, -0.25) is 4.90 Å². The Morgan fingerprint density at radius 3 is 3.07 bits per heavy atom. The Balaban J connectivity index is 1.76. The highest BCUT2D eigenvalue weighted by Crippen LogP contribution is 2.16. The molecule has 1 N–H and O–H groups in total. The molecule has 0 unspecified atom stereocenters. The molecule has 2 aliphatic heterocycles. The zero-order chi connectivity index (χ0) is 9.80. The predicted octanol–water partition coefficient (Wildman–Crippen LogP) is 0.849. The van der Waals surface area contributed by atoms with Crippen LogP contribution in [-0.2, 0) is 4.74 Å². The number of nitrogens with one attached hydrogen (secondary N) is 1. The molecule has 0 bridgehead atoms. The van der Waals surface area contributed by atoms with E-state index in [0.717, 1.165) is 25.8 Å². The first-order valence-corrected chi connectivity index (χ1v) is 5.91. The first-order valence-electron chi connectivity index (χ1n) is 5.91.